The van der Waals surface area contributed by atoms with Gasteiger partial charge in [0.05, 0.1) is 6.42 Å². The quantitative estimate of drug-likeness (QED) is 0.859. The first kappa shape index (κ1) is 13.2. The molecule has 1 heterocycles. The van der Waals surface area contributed by atoms with Crippen LogP contribution in [-0.2, 0) is 17.8 Å². The Morgan fingerprint density at radius 1 is 1.16 bits per heavy atom. The van der Waals surface area contributed by atoms with Gasteiger partial charge in [0, 0.05) is 24.6 Å². The molecule has 98 valence electrons. The molecule has 4 heteroatoms. The molecule has 0 saturated heterocycles. The second kappa shape index (κ2) is 6.66. The molecule has 4 nitrogen and oxygen atoms in total. The summed E-state index contributed by atoms with van der Waals surface area (Å²) in [5.41, 5.74) is 2.93. The molecular weight excluding hydrogens is 238 g/mol. The van der Waals surface area contributed by atoms with Gasteiger partial charge >= 0.3 is 0 Å². The van der Waals surface area contributed by atoms with Crippen molar-refractivity contribution in [1.82, 2.24) is 10.3 Å². The van der Waals surface area contributed by atoms with Gasteiger partial charge in [-0.05, 0) is 42.4 Å². The smallest absolute Gasteiger partial charge is 0.228 e. The van der Waals surface area contributed by atoms with E-state index in [1.165, 1.54) is 0 Å². The first-order valence-corrected chi connectivity index (χ1v) is 6.20. The number of rotatable bonds is 5. The molecule has 2 aromatic rings. The maximum atomic E-state index is 11.9. The fraction of sp³-hybridized carbons (Fsp3) is 0.200. The number of pyridine rings is 1. The van der Waals surface area contributed by atoms with Gasteiger partial charge in [-0.1, -0.05) is 12.1 Å². The van der Waals surface area contributed by atoms with E-state index in [9.17, 15) is 4.79 Å². The minimum absolute atomic E-state index is 0.0205. The number of aromatic nitrogens is 1. The second-order valence-electron chi connectivity index (χ2n) is 4.31. The van der Waals surface area contributed by atoms with E-state index in [4.69, 9.17) is 0 Å². The van der Waals surface area contributed by atoms with E-state index in [0.29, 0.717) is 6.42 Å². The maximum Gasteiger partial charge on any atom is 0.228 e. The largest absolute Gasteiger partial charge is 0.326 e. The van der Waals surface area contributed by atoms with Gasteiger partial charge in [0.2, 0.25) is 5.91 Å². The predicted molar refractivity (Wildman–Crippen MR) is 75.8 cm³/mol. The number of nitrogens with zero attached hydrogens (tertiary/aromatic N) is 1. The van der Waals surface area contributed by atoms with Crippen LogP contribution in [0.15, 0.2) is 48.8 Å². The lowest BCUT2D eigenvalue weighted by Gasteiger charge is -2.07. The summed E-state index contributed by atoms with van der Waals surface area (Å²) in [7, 11) is 1.90. The Morgan fingerprint density at radius 2 is 1.95 bits per heavy atom. The number of anilines is 1. The molecule has 0 aliphatic heterocycles. The van der Waals surface area contributed by atoms with Crippen molar-refractivity contribution in [3.05, 3.63) is 59.9 Å². The summed E-state index contributed by atoms with van der Waals surface area (Å²) >= 11 is 0. The van der Waals surface area contributed by atoms with Crippen LogP contribution in [0.1, 0.15) is 11.1 Å². The van der Waals surface area contributed by atoms with Gasteiger partial charge in [-0.3, -0.25) is 9.78 Å². The zero-order chi connectivity index (χ0) is 13.5. The first-order valence-electron chi connectivity index (χ1n) is 6.20. The molecule has 0 atom stereocenters. The van der Waals surface area contributed by atoms with Crippen LogP contribution in [0, 0.1) is 0 Å². The van der Waals surface area contributed by atoms with Gasteiger partial charge in [-0.2, -0.15) is 0 Å². The van der Waals surface area contributed by atoms with Crippen molar-refractivity contribution < 1.29 is 4.79 Å². The molecule has 0 spiro atoms. The SMILES string of the molecule is CNCc1cccc(NC(=O)Cc2ccncc2)c1. The number of hydrogen-bond donors (Lipinski definition) is 2. The Morgan fingerprint density at radius 3 is 2.68 bits per heavy atom. The van der Waals surface area contributed by atoms with Crippen LogP contribution in [-0.4, -0.2) is 17.9 Å². The molecule has 1 amide bonds. The van der Waals surface area contributed by atoms with Crippen LogP contribution < -0.4 is 10.6 Å². The van der Waals surface area contributed by atoms with E-state index in [-0.39, 0.29) is 5.91 Å². The third-order valence-electron chi connectivity index (χ3n) is 2.71. The number of amides is 1. The molecule has 0 unspecified atom stereocenters. The minimum Gasteiger partial charge on any atom is -0.326 e. The van der Waals surface area contributed by atoms with Crippen molar-refractivity contribution >= 4 is 11.6 Å². The molecule has 0 saturated carbocycles. The molecule has 0 aliphatic rings. The number of nitrogens with one attached hydrogen (secondary N) is 2. The molecule has 2 rings (SSSR count). The summed E-state index contributed by atoms with van der Waals surface area (Å²) in [4.78, 5) is 15.8. The highest BCUT2D eigenvalue weighted by molar-refractivity contribution is 5.92. The van der Waals surface area contributed by atoms with Crippen molar-refractivity contribution in [3.63, 3.8) is 0 Å². The van der Waals surface area contributed by atoms with Crippen LogP contribution >= 0.6 is 0 Å². The van der Waals surface area contributed by atoms with Gasteiger partial charge in [-0.25, -0.2) is 0 Å². The van der Waals surface area contributed by atoms with Crippen LogP contribution in [0.3, 0.4) is 0 Å². The van der Waals surface area contributed by atoms with E-state index in [2.05, 4.69) is 15.6 Å². The summed E-state index contributed by atoms with van der Waals surface area (Å²) < 4.78 is 0. The highest BCUT2D eigenvalue weighted by atomic mass is 16.1. The Labute approximate surface area is 112 Å². The van der Waals surface area contributed by atoms with E-state index in [1.807, 2.05) is 43.4 Å². The number of benzene rings is 1. The minimum atomic E-state index is -0.0205. The van der Waals surface area contributed by atoms with Gasteiger partial charge in [-0.15, -0.1) is 0 Å². The monoisotopic (exact) mass is 255 g/mol. The fourth-order valence-electron chi connectivity index (χ4n) is 1.85. The molecule has 0 fully saturated rings. The van der Waals surface area contributed by atoms with Crippen LogP contribution in [0.25, 0.3) is 0 Å². The molecule has 0 bridgehead atoms. The Bertz CT molecular complexity index is 540. The van der Waals surface area contributed by atoms with Crippen molar-refractivity contribution in [2.24, 2.45) is 0 Å². The fourth-order valence-corrected chi connectivity index (χ4v) is 1.85. The summed E-state index contributed by atoms with van der Waals surface area (Å²) in [6, 6.07) is 11.5. The van der Waals surface area contributed by atoms with Crippen molar-refractivity contribution in [2.45, 2.75) is 13.0 Å². The third kappa shape index (κ3) is 4.19. The van der Waals surface area contributed by atoms with E-state index in [0.717, 1.165) is 23.4 Å². The lowest BCUT2D eigenvalue weighted by atomic mass is 10.1. The summed E-state index contributed by atoms with van der Waals surface area (Å²) in [6.07, 6.45) is 3.74. The van der Waals surface area contributed by atoms with Crippen LogP contribution in [0.5, 0.6) is 0 Å². The average molecular weight is 255 g/mol. The van der Waals surface area contributed by atoms with Gasteiger partial charge < -0.3 is 10.6 Å². The van der Waals surface area contributed by atoms with Gasteiger partial charge in [0.25, 0.3) is 0 Å². The lowest BCUT2D eigenvalue weighted by molar-refractivity contribution is -0.115. The molecule has 1 aromatic carbocycles. The summed E-state index contributed by atoms with van der Waals surface area (Å²) in [6.45, 7) is 0.786. The normalized spacial score (nSPS) is 10.2. The number of carbonyl (C=O) groups is 1. The summed E-state index contributed by atoms with van der Waals surface area (Å²) in [5, 5.41) is 5.99. The van der Waals surface area contributed by atoms with E-state index >= 15 is 0 Å². The molecule has 2 N–H and O–H groups in total. The number of hydrogen-bond acceptors (Lipinski definition) is 3. The Kier molecular flexibility index (Phi) is 4.64. The Balaban J connectivity index is 1.97. The highest BCUT2D eigenvalue weighted by Crippen LogP contribution is 2.11. The maximum absolute atomic E-state index is 11.9. The average Bonchev–Trinajstić information content (AvgIpc) is 2.40. The predicted octanol–water partition coefficient (Wildman–Crippen LogP) is 1.98. The zero-order valence-corrected chi connectivity index (χ0v) is 10.9. The second-order valence-corrected chi connectivity index (χ2v) is 4.31. The Hall–Kier alpha value is -2.20. The van der Waals surface area contributed by atoms with Crippen molar-refractivity contribution in [3.8, 4) is 0 Å². The topological polar surface area (TPSA) is 54.0 Å². The van der Waals surface area contributed by atoms with Gasteiger partial charge in [0.15, 0.2) is 0 Å². The van der Waals surface area contributed by atoms with E-state index < -0.39 is 0 Å². The van der Waals surface area contributed by atoms with E-state index in [1.54, 1.807) is 12.4 Å². The van der Waals surface area contributed by atoms with Gasteiger partial charge in [0.1, 0.15) is 0 Å². The van der Waals surface area contributed by atoms with Crippen LogP contribution in [0.4, 0.5) is 5.69 Å². The standard InChI is InChI=1S/C15H17N3O/c1-16-11-13-3-2-4-14(9-13)18-15(19)10-12-5-7-17-8-6-12/h2-9,16H,10-11H2,1H3,(H,18,19). The molecule has 0 aliphatic carbocycles. The van der Waals surface area contributed by atoms with Crippen LogP contribution in [0.2, 0.25) is 0 Å². The van der Waals surface area contributed by atoms with Crippen molar-refractivity contribution in [1.29, 1.82) is 0 Å². The van der Waals surface area contributed by atoms with Crippen molar-refractivity contribution in [2.75, 3.05) is 12.4 Å². The molecule has 0 radical (unpaired) electrons. The third-order valence-corrected chi connectivity index (χ3v) is 2.71. The highest BCUT2D eigenvalue weighted by Gasteiger charge is 2.04. The summed E-state index contributed by atoms with van der Waals surface area (Å²) in [5.74, 6) is -0.0205. The zero-order valence-electron chi connectivity index (χ0n) is 10.9. The lowest BCUT2D eigenvalue weighted by Crippen LogP contribution is -2.14. The number of carbonyl (C=O) groups excluding carboxylic acids is 1. The molecule has 1 aromatic heterocycles. The molecular formula is C15H17N3O. The first-order chi connectivity index (χ1) is 9.28. The molecule has 19 heavy (non-hydrogen) atoms.